The van der Waals surface area contributed by atoms with Crippen LogP contribution in [0.2, 0.25) is 5.02 Å². The summed E-state index contributed by atoms with van der Waals surface area (Å²) in [6.45, 7) is 0.256. The second-order valence-electron chi connectivity index (χ2n) is 7.16. The highest BCUT2D eigenvalue weighted by Crippen LogP contribution is 2.31. The number of amides is 4. The largest absolute Gasteiger partial charge is 0.487 e. The van der Waals surface area contributed by atoms with E-state index in [0.29, 0.717) is 22.0 Å². The lowest BCUT2D eigenvalue weighted by Crippen LogP contribution is -2.54. The first-order valence-electron chi connectivity index (χ1n) is 9.76. The molecule has 4 rings (SSSR count). The van der Waals surface area contributed by atoms with E-state index in [1.54, 1.807) is 36.4 Å². The van der Waals surface area contributed by atoms with Gasteiger partial charge in [-0.25, -0.2) is 14.1 Å². The number of nitrogens with zero attached hydrogens (tertiary/aromatic N) is 1. The lowest BCUT2D eigenvalue weighted by atomic mass is 10.1. The zero-order valence-corrected chi connectivity index (χ0v) is 22.2. The molecule has 6 nitrogen and oxygen atoms in total. The Morgan fingerprint density at radius 2 is 1.59 bits per heavy atom. The van der Waals surface area contributed by atoms with Crippen molar-refractivity contribution >= 4 is 86.4 Å². The molecule has 0 unspecified atom stereocenters. The third kappa shape index (κ3) is 5.41. The Kier molecular flexibility index (Phi) is 7.53. The maximum atomic E-state index is 13.1. The average Bonchev–Trinajstić information content (AvgIpc) is 2.78. The van der Waals surface area contributed by atoms with Crippen LogP contribution in [0.5, 0.6) is 5.75 Å². The number of carbonyl (C=O) groups excluding carboxylic acids is 3. The number of imide groups is 2. The van der Waals surface area contributed by atoms with Gasteiger partial charge in [0.1, 0.15) is 23.7 Å². The van der Waals surface area contributed by atoms with Gasteiger partial charge in [0.25, 0.3) is 11.8 Å². The molecule has 1 saturated heterocycles. The van der Waals surface area contributed by atoms with E-state index in [9.17, 15) is 18.8 Å². The van der Waals surface area contributed by atoms with Gasteiger partial charge in [-0.2, -0.15) is 0 Å². The molecule has 0 aromatic heterocycles. The summed E-state index contributed by atoms with van der Waals surface area (Å²) < 4.78 is 20.5. The molecule has 34 heavy (non-hydrogen) atoms. The van der Waals surface area contributed by atoms with Crippen LogP contribution in [0.25, 0.3) is 6.08 Å². The van der Waals surface area contributed by atoms with E-state index < -0.39 is 17.8 Å². The van der Waals surface area contributed by atoms with Crippen molar-refractivity contribution in [2.75, 3.05) is 4.90 Å². The lowest BCUT2D eigenvalue weighted by Gasteiger charge is -2.26. The predicted octanol–water partition coefficient (Wildman–Crippen LogP) is 5.93. The number of rotatable bonds is 5. The molecule has 1 aliphatic rings. The molecular weight excluding hydrogens is 689 g/mol. The van der Waals surface area contributed by atoms with Gasteiger partial charge in [-0.3, -0.25) is 14.9 Å². The van der Waals surface area contributed by atoms with Gasteiger partial charge in [-0.05, 0) is 111 Å². The molecule has 0 atom stereocenters. The number of nitrogens with one attached hydrogen (secondary N) is 1. The van der Waals surface area contributed by atoms with Gasteiger partial charge < -0.3 is 4.74 Å². The van der Waals surface area contributed by atoms with Crippen LogP contribution in [0, 0.1) is 13.0 Å². The minimum atomic E-state index is -0.830. The van der Waals surface area contributed by atoms with Crippen LogP contribution in [0.4, 0.5) is 14.9 Å². The van der Waals surface area contributed by atoms with Crippen LogP contribution < -0.4 is 15.0 Å². The van der Waals surface area contributed by atoms with Crippen LogP contribution >= 0.6 is 56.8 Å². The van der Waals surface area contributed by atoms with Crippen LogP contribution in [-0.4, -0.2) is 17.8 Å². The molecule has 3 aromatic carbocycles. The van der Waals surface area contributed by atoms with E-state index in [2.05, 4.69) is 50.5 Å². The van der Waals surface area contributed by atoms with Crippen molar-refractivity contribution in [3.8, 4) is 5.75 Å². The van der Waals surface area contributed by atoms with Crippen LogP contribution in [0.15, 0.2) is 66.2 Å². The molecule has 0 spiro atoms. The van der Waals surface area contributed by atoms with Gasteiger partial charge in [-0.1, -0.05) is 23.7 Å². The molecule has 1 aliphatic heterocycles. The number of barbiturate groups is 1. The number of carbonyl (C=O) groups is 3. The topological polar surface area (TPSA) is 75.7 Å². The Bertz CT molecular complexity index is 1300. The van der Waals surface area contributed by atoms with Gasteiger partial charge in [0, 0.05) is 5.02 Å². The maximum Gasteiger partial charge on any atom is 0.335 e. The quantitative estimate of drug-likeness (QED) is 0.203. The molecule has 10 heteroatoms. The Hall–Kier alpha value is -2.51. The highest BCUT2D eigenvalue weighted by molar-refractivity contribution is 14.1. The summed E-state index contributed by atoms with van der Waals surface area (Å²) in [6, 6.07) is 14.9. The minimum Gasteiger partial charge on any atom is -0.487 e. The number of benzene rings is 3. The highest BCUT2D eigenvalue weighted by Gasteiger charge is 2.36. The molecule has 1 N–H and O–H groups in total. The zero-order valence-electron chi connectivity index (χ0n) is 17.2. The summed E-state index contributed by atoms with van der Waals surface area (Å²) in [5, 5.41) is 2.65. The summed E-state index contributed by atoms with van der Waals surface area (Å²) >= 11 is 10.1. The Morgan fingerprint density at radius 3 is 2.21 bits per heavy atom. The summed E-state index contributed by atoms with van der Waals surface area (Å²) in [5.41, 5.74) is 1.52. The van der Waals surface area contributed by atoms with E-state index in [4.69, 9.17) is 16.3 Å². The lowest BCUT2D eigenvalue weighted by molar-refractivity contribution is -0.122. The third-order valence-electron chi connectivity index (χ3n) is 4.81. The number of urea groups is 1. The van der Waals surface area contributed by atoms with Crippen molar-refractivity contribution in [3.05, 3.63) is 95.3 Å². The van der Waals surface area contributed by atoms with Gasteiger partial charge >= 0.3 is 6.03 Å². The maximum absolute atomic E-state index is 13.1. The van der Waals surface area contributed by atoms with Gasteiger partial charge in [0.15, 0.2) is 0 Å². The van der Waals surface area contributed by atoms with Crippen molar-refractivity contribution in [1.29, 1.82) is 0 Å². The minimum absolute atomic E-state index is 0.180. The molecule has 1 fully saturated rings. The fourth-order valence-electron chi connectivity index (χ4n) is 3.19. The standard InChI is InChI=1S/C24H14ClFI2N2O4/c25-15-3-7-17(8-4-15)30-23(32)18(22(31)29-24(30)33)9-14-10-19(27)21(20(28)11-14)34-12-13-1-5-16(26)6-2-13/h1-11H,12H2,(H,29,31,33)/b18-9+. The van der Waals surface area contributed by atoms with E-state index in [1.165, 1.54) is 30.3 Å². The fraction of sp³-hybridized carbons (Fsp3) is 0.0417. The van der Waals surface area contributed by atoms with Crippen molar-refractivity contribution in [2.24, 2.45) is 0 Å². The number of hydrogen-bond donors (Lipinski definition) is 1. The molecule has 0 bridgehead atoms. The molecule has 1 heterocycles. The van der Waals surface area contributed by atoms with E-state index >= 15 is 0 Å². The van der Waals surface area contributed by atoms with Crippen molar-refractivity contribution < 1.29 is 23.5 Å². The summed E-state index contributed by atoms with van der Waals surface area (Å²) in [5.74, 6) is -1.20. The Balaban J connectivity index is 1.60. The molecule has 0 aliphatic carbocycles. The Morgan fingerprint density at radius 1 is 0.971 bits per heavy atom. The number of hydrogen-bond acceptors (Lipinski definition) is 4. The van der Waals surface area contributed by atoms with E-state index in [1.807, 2.05) is 0 Å². The summed E-state index contributed by atoms with van der Waals surface area (Å²) in [7, 11) is 0. The van der Waals surface area contributed by atoms with Crippen molar-refractivity contribution in [2.45, 2.75) is 6.61 Å². The first-order chi connectivity index (χ1) is 16.2. The molecule has 172 valence electrons. The monoisotopic (exact) mass is 702 g/mol. The highest BCUT2D eigenvalue weighted by atomic mass is 127. The number of anilines is 1. The molecule has 0 saturated carbocycles. The van der Waals surface area contributed by atoms with Crippen molar-refractivity contribution in [1.82, 2.24) is 5.32 Å². The van der Waals surface area contributed by atoms with Gasteiger partial charge in [0.05, 0.1) is 12.8 Å². The normalized spacial score (nSPS) is 15.0. The fourth-order valence-corrected chi connectivity index (χ4v) is 5.44. The number of halogens is 4. The van der Waals surface area contributed by atoms with Crippen molar-refractivity contribution in [3.63, 3.8) is 0 Å². The van der Waals surface area contributed by atoms with Crippen LogP contribution in [-0.2, 0) is 16.2 Å². The molecule has 3 aromatic rings. The summed E-state index contributed by atoms with van der Waals surface area (Å²) in [4.78, 5) is 38.7. The van der Waals surface area contributed by atoms with E-state index in [-0.39, 0.29) is 18.0 Å². The van der Waals surface area contributed by atoms with Crippen LogP contribution in [0.1, 0.15) is 11.1 Å². The first-order valence-corrected chi connectivity index (χ1v) is 12.3. The average molecular weight is 703 g/mol. The SMILES string of the molecule is O=C1NC(=O)N(c2ccc(Cl)cc2)C(=O)/C1=C/c1cc(I)c(OCc2ccc(F)cc2)c(I)c1. The first kappa shape index (κ1) is 24.6. The van der Waals surface area contributed by atoms with E-state index in [0.717, 1.165) is 17.6 Å². The summed E-state index contributed by atoms with van der Waals surface area (Å²) in [6.07, 6.45) is 1.43. The molecular formula is C24H14ClFI2N2O4. The van der Waals surface area contributed by atoms with Gasteiger partial charge in [0.2, 0.25) is 0 Å². The zero-order chi connectivity index (χ0) is 24.4. The smallest absolute Gasteiger partial charge is 0.335 e. The second-order valence-corrected chi connectivity index (χ2v) is 9.92. The number of ether oxygens (including phenoxy) is 1. The third-order valence-corrected chi connectivity index (χ3v) is 6.67. The Labute approximate surface area is 226 Å². The predicted molar refractivity (Wildman–Crippen MR) is 143 cm³/mol. The van der Waals surface area contributed by atoms with Crippen LogP contribution in [0.3, 0.4) is 0 Å². The molecule has 4 amide bonds. The molecule has 0 radical (unpaired) electrons. The van der Waals surface area contributed by atoms with Gasteiger partial charge in [-0.15, -0.1) is 0 Å². The second kappa shape index (κ2) is 10.4.